The van der Waals surface area contributed by atoms with Crippen molar-refractivity contribution in [1.82, 2.24) is 15.0 Å². The molecule has 2 N–H and O–H groups in total. The monoisotopic (exact) mass is 247 g/mol. The predicted octanol–water partition coefficient (Wildman–Crippen LogP) is 1.30. The number of hydrogen-bond donors (Lipinski definition) is 2. The Morgan fingerprint density at radius 1 is 1.28 bits per heavy atom. The van der Waals surface area contributed by atoms with E-state index in [1.807, 2.05) is 0 Å². The number of pyridine rings is 1. The molecule has 18 heavy (non-hydrogen) atoms. The molecule has 0 aliphatic rings. The first-order valence-electron chi connectivity index (χ1n) is 5.11. The van der Waals surface area contributed by atoms with Crippen molar-refractivity contribution in [3.05, 3.63) is 42.2 Å². The Morgan fingerprint density at radius 3 is 2.78 bits per heavy atom. The largest absolute Gasteiger partial charge is 0.372 e. The topological polar surface area (TPSA) is 79.8 Å². The van der Waals surface area contributed by atoms with Gasteiger partial charge in [0.15, 0.2) is 5.82 Å². The molecular weight excluding hydrogens is 237 g/mol. The molecule has 0 unspecified atom stereocenters. The highest BCUT2D eigenvalue weighted by atomic mass is 19.1. The van der Waals surface area contributed by atoms with Crippen LogP contribution in [0.3, 0.4) is 0 Å². The Balaban J connectivity index is 2.26. The van der Waals surface area contributed by atoms with Gasteiger partial charge in [-0.05, 0) is 6.07 Å². The fraction of sp³-hybridized carbons (Fsp3) is 0.0909. The number of carbonyl (C=O) groups is 1. The van der Waals surface area contributed by atoms with Crippen LogP contribution in [-0.4, -0.2) is 27.9 Å². The summed E-state index contributed by atoms with van der Waals surface area (Å²) in [5, 5.41) is 5.22. The molecule has 2 rings (SSSR count). The van der Waals surface area contributed by atoms with E-state index < -0.39 is 11.7 Å². The molecule has 0 saturated heterocycles. The number of rotatable bonds is 3. The zero-order valence-corrected chi connectivity index (χ0v) is 9.51. The minimum Gasteiger partial charge on any atom is -0.372 e. The molecule has 2 aromatic rings. The Labute approximate surface area is 102 Å². The Hall–Kier alpha value is -2.57. The van der Waals surface area contributed by atoms with Crippen molar-refractivity contribution < 1.29 is 9.18 Å². The van der Waals surface area contributed by atoms with Crippen molar-refractivity contribution >= 4 is 17.5 Å². The lowest BCUT2D eigenvalue weighted by Crippen LogP contribution is -2.16. The van der Waals surface area contributed by atoms with Crippen molar-refractivity contribution in [2.24, 2.45) is 0 Å². The predicted molar refractivity (Wildman–Crippen MR) is 63.7 cm³/mol. The number of halogens is 1. The van der Waals surface area contributed by atoms with Crippen LogP contribution in [0.2, 0.25) is 0 Å². The summed E-state index contributed by atoms with van der Waals surface area (Å²) >= 11 is 0. The molecule has 0 atom stereocenters. The van der Waals surface area contributed by atoms with E-state index in [0.29, 0.717) is 0 Å². The average Bonchev–Trinajstić information content (AvgIpc) is 2.40. The summed E-state index contributed by atoms with van der Waals surface area (Å²) in [6.07, 6.45) is 5.35. The van der Waals surface area contributed by atoms with Gasteiger partial charge in [-0.1, -0.05) is 0 Å². The van der Waals surface area contributed by atoms with E-state index >= 15 is 0 Å². The van der Waals surface area contributed by atoms with Crippen LogP contribution in [0.4, 0.5) is 16.0 Å². The number of aromatic nitrogens is 3. The maximum absolute atomic E-state index is 13.1. The molecule has 92 valence electrons. The van der Waals surface area contributed by atoms with E-state index in [4.69, 9.17) is 0 Å². The van der Waals surface area contributed by atoms with Crippen LogP contribution >= 0.6 is 0 Å². The molecule has 1 amide bonds. The molecule has 0 fully saturated rings. The van der Waals surface area contributed by atoms with E-state index in [1.165, 1.54) is 18.6 Å². The first kappa shape index (κ1) is 11.9. The van der Waals surface area contributed by atoms with Gasteiger partial charge in [0.2, 0.25) is 0 Å². The van der Waals surface area contributed by atoms with Crippen molar-refractivity contribution in [2.75, 3.05) is 17.7 Å². The summed E-state index contributed by atoms with van der Waals surface area (Å²) in [5.41, 5.74) is 0.100. The molecule has 6 nitrogen and oxygen atoms in total. The molecule has 0 aliphatic carbocycles. The van der Waals surface area contributed by atoms with Crippen LogP contribution in [0.1, 0.15) is 10.4 Å². The smallest absolute Gasteiger partial charge is 0.260 e. The second-order valence-corrected chi connectivity index (χ2v) is 3.34. The highest BCUT2D eigenvalue weighted by Gasteiger charge is 2.13. The first-order valence-corrected chi connectivity index (χ1v) is 5.11. The summed E-state index contributed by atoms with van der Waals surface area (Å²) in [6, 6.07) is 1.10. The van der Waals surface area contributed by atoms with Crippen LogP contribution in [0.5, 0.6) is 0 Å². The zero-order chi connectivity index (χ0) is 13.0. The lowest BCUT2D eigenvalue weighted by atomic mass is 10.2. The van der Waals surface area contributed by atoms with Crippen molar-refractivity contribution in [3.8, 4) is 0 Å². The second kappa shape index (κ2) is 5.17. The molecule has 0 aliphatic heterocycles. The first-order chi connectivity index (χ1) is 8.70. The third-order valence-electron chi connectivity index (χ3n) is 2.14. The van der Waals surface area contributed by atoms with Crippen molar-refractivity contribution in [3.63, 3.8) is 0 Å². The molecule has 0 bridgehead atoms. The fourth-order valence-corrected chi connectivity index (χ4v) is 1.36. The lowest BCUT2D eigenvalue weighted by molar-refractivity contribution is 0.102. The third-order valence-corrected chi connectivity index (χ3v) is 2.14. The lowest BCUT2D eigenvalue weighted by Gasteiger charge is -2.08. The number of nitrogens with one attached hydrogen (secondary N) is 2. The van der Waals surface area contributed by atoms with Gasteiger partial charge in [0.25, 0.3) is 5.91 Å². The zero-order valence-electron chi connectivity index (χ0n) is 9.51. The summed E-state index contributed by atoms with van der Waals surface area (Å²) in [4.78, 5) is 23.4. The van der Waals surface area contributed by atoms with Crippen LogP contribution < -0.4 is 10.6 Å². The normalized spacial score (nSPS) is 9.89. The molecule has 0 aromatic carbocycles. The van der Waals surface area contributed by atoms with E-state index in [1.54, 1.807) is 7.05 Å². The van der Waals surface area contributed by atoms with Crippen LogP contribution in [0, 0.1) is 5.82 Å². The Morgan fingerprint density at radius 2 is 2.11 bits per heavy atom. The second-order valence-electron chi connectivity index (χ2n) is 3.34. The molecule has 0 radical (unpaired) electrons. The molecule has 0 saturated carbocycles. The third kappa shape index (κ3) is 2.57. The summed E-state index contributed by atoms with van der Waals surface area (Å²) in [5.74, 6) is -0.517. The van der Waals surface area contributed by atoms with E-state index in [9.17, 15) is 9.18 Å². The number of anilines is 2. The maximum atomic E-state index is 13.1. The SMILES string of the molecule is CNc1ncc(F)cc1C(=O)Nc1cnccn1. The number of nitrogens with zero attached hydrogens (tertiary/aromatic N) is 3. The van der Waals surface area contributed by atoms with Crippen LogP contribution in [-0.2, 0) is 0 Å². The van der Waals surface area contributed by atoms with Gasteiger partial charge < -0.3 is 10.6 Å². The summed E-state index contributed by atoms with van der Waals surface area (Å²) in [6.45, 7) is 0. The van der Waals surface area contributed by atoms with Gasteiger partial charge >= 0.3 is 0 Å². The molecule has 7 heteroatoms. The Bertz CT molecular complexity index is 561. The number of amides is 1. The fourth-order valence-electron chi connectivity index (χ4n) is 1.36. The van der Waals surface area contributed by atoms with E-state index in [2.05, 4.69) is 25.6 Å². The van der Waals surface area contributed by atoms with Crippen LogP contribution in [0.25, 0.3) is 0 Å². The molecule has 0 spiro atoms. The van der Waals surface area contributed by atoms with E-state index in [-0.39, 0.29) is 17.2 Å². The highest BCUT2D eigenvalue weighted by molar-refractivity contribution is 6.06. The van der Waals surface area contributed by atoms with Gasteiger partial charge in [0, 0.05) is 19.4 Å². The van der Waals surface area contributed by atoms with Crippen molar-refractivity contribution in [1.29, 1.82) is 0 Å². The Kier molecular flexibility index (Phi) is 3.42. The quantitative estimate of drug-likeness (QED) is 0.854. The van der Waals surface area contributed by atoms with Gasteiger partial charge in [0.1, 0.15) is 11.6 Å². The average molecular weight is 247 g/mol. The minimum atomic E-state index is -0.585. The van der Waals surface area contributed by atoms with Gasteiger partial charge in [-0.25, -0.2) is 14.4 Å². The molecule has 2 aromatic heterocycles. The van der Waals surface area contributed by atoms with Gasteiger partial charge in [-0.15, -0.1) is 0 Å². The highest BCUT2D eigenvalue weighted by Crippen LogP contribution is 2.14. The summed E-state index contributed by atoms with van der Waals surface area (Å²) < 4.78 is 13.1. The standard InChI is InChI=1S/C11H10FN5O/c1-13-10-8(4-7(12)5-16-10)11(18)17-9-6-14-2-3-15-9/h2-6H,1H3,(H,13,16)(H,15,17,18). The number of carbonyl (C=O) groups excluding carboxylic acids is 1. The van der Waals surface area contributed by atoms with Crippen molar-refractivity contribution in [2.45, 2.75) is 0 Å². The summed E-state index contributed by atoms with van der Waals surface area (Å²) in [7, 11) is 1.60. The van der Waals surface area contributed by atoms with E-state index in [0.717, 1.165) is 12.3 Å². The minimum absolute atomic E-state index is 0.100. The molecule has 2 heterocycles. The number of hydrogen-bond acceptors (Lipinski definition) is 5. The van der Waals surface area contributed by atoms with Gasteiger partial charge in [-0.3, -0.25) is 9.78 Å². The van der Waals surface area contributed by atoms with Gasteiger partial charge in [0.05, 0.1) is 18.0 Å². The van der Waals surface area contributed by atoms with Gasteiger partial charge in [-0.2, -0.15) is 0 Å². The maximum Gasteiger partial charge on any atom is 0.260 e. The molecular formula is C11H10FN5O. The van der Waals surface area contributed by atoms with Crippen LogP contribution in [0.15, 0.2) is 30.9 Å².